The Balaban J connectivity index is 2.25. The first-order valence-corrected chi connectivity index (χ1v) is 6.37. The Bertz CT molecular complexity index is 572. The van der Waals surface area contributed by atoms with E-state index in [1.54, 1.807) is 0 Å². The van der Waals surface area contributed by atoms with Gasteiger partial charge < -0.3 is 5.73 Å². The van der Waals surface area contributed by atoms with Gasteiger partial charge in [-0.3, -0.25) is 0 Å². The smallest absolute Gasteiger partial charge is 0.374 e. The van der Waals surface area contributed by atoms with Crippen LogP contribution in [-0.4, -0.2) is 15.2 Å². The number of hydrogen-bond acceptors (Lipinski definition) is 6. The van der Waals surface area contributed by atoms with Crippen molar-refractivity contribution in [2.45, 2.75) is 15.5 Å². The molecule has 2 aromatic heterocycles. The average Bonchev–Trinajstić information content (AvgIpc) is 2.65. The van der Waals surface area contributed by atoms with Gasteiger partial charge in [-0.2, -0.15) is 13.2 Å². The summed E-state index contributed by atoms with van der Waals surface area (Å²) in [6, 6.07) is 0.821. The van der Waals surface area contributed by atoms with Crippen LogP contribution >= 0.6 is 34.7 Å². The summed E-state index contributed by atoms with van der Waals surface area (Å²) < 4.78 is 37.6. The summed E-state index contributed by atoms with van der Waals surface area (Å²) in [5, 5.41) is 7.68. The molecule has 0 radical (unpaired) electrons. The number of alkyl halides is 3. The van der Waals surface area contributed by atoms with Crippen LogP contribution in [0.3, 0.4) is 0 Å². The third kappa shape index (κ3) is 3.03. The lowest BCUT2D eigenvalue weighted by Gasteiger charge is -2.07. The fourth-order valence-corrected chi connectivity index (χ4v) is 2.79. The maximum Gasteiger partial charge on any atom is 0.417 e. The van der Waals surface area contributed by atoms with Crippen LogP contribution in [0.1, 0.15) is 5.56 Å². The third-order valence-electron chi connectivity index (χ3n) is 1.74. The van der Waals surface area contributed by atoms with Crippen LogP contribution in [0.4, 0.5) is 18.3 Å². The zero-order chi connectivity index (χ0) is 13.3. The van der Waals surface area contributed by atoms with Gasteiger partial charge in [-0.25, -0.2) is 4.98 Å². The van der Waals surface area contributed by atoms with E-state index >= 15 is 0 Å². The van der Waals surface area contributed by atoms with Crippen molar-refractivity contribution < 1.29 is 13.2 Å². The van der Waals surface area contributed by atoms with Crippen molar-refractivity contribution in [3.8, 4) is 0 Å². The van der Waals surface area contributed by atoms with Crippen molar-refractivity contribution in [2.75, 3.05) is 5.73 Å². The Morgan fingerprint density at radius 3 is 2.56 bits per heavy atom. The molecule has 0 saturated heterocycles. The predicted molar refractivity (Wildman–Crippen MR) is 62.7 cm³/mol. The molecule has 0 atom stereocenters. The highest BCUT2D eigenvalue weighted by Gasteiger charge is 2.31. The Labute approximate surface area is 112 Å². The fourth-order valence-electron chi connectivity index (χ4n) is 1.000. The second-order valence-corrected chi connectivity index (χ2v) is 5.67. The van der Waals surface area contributed by atoms with E-state index in [0.29, 0.717) is 4.34 Å². The summed E-state index contributed by atoms with van der Waals surface area (Å²) in [6.45, 7) is 0. The Morgan fingerprint density at radius 1 is 1.33 bits per heavy atom. The summed E-state index contributed by atoms with van der Waals surface area (Å²) in [6.07, 6.45) is -3.74. The Kier molecular flexibility index (Phi) is 3.64. The standard InChI is InChI=1S/C8H4ClF3N4S2/c9-4-1-3(8(10,11)12)2-14-5(4)17-7-16-15-6(13)18-7/h1-2H,(H2,13,15). The Morgan fingerprint density at radius 2 is 2.06 bits per heavy atom. The summed E-state index contributed by atoms with van der Waals surface area (Å²) >= 11 is 7.84. The molecular formula is C8H4ClF3N4S2. The number of hydrogen-bond donors (Lipinski definition) is 1. The molecule has 2 rings (SSSR count). The molecule has 0 aromatic carbocycles. The van der Waals surface area contributed by atoms with Gasteiger partial charge in [-0.15, -0.1) is 10.2 Å². The minimum atomic E-state index is -4.47. The second-order valence-electron chi connectivity index (χ2n) is 3.02. The van der Waals surface area contributed by atoms with E-state index in [4.69, 9.17) is 17.3 Å². The molecule has 4 nitrogen and oxygen atoms in total. The molecule has 0 spiro atoms. The lowest BCUT2D eigenvalue weighted by molar-refractivity contribution is -0.137. The number of rotatable bonds is 2. The van der Waals surface area contributed by atoms with Gasteiger partial charge in [0.15, 0.2) is 4.34 Å². The van der Waals surface area contributed by atoms with Crippen LogP contribution in [0.2, 0.25) is 5.02 Å². The predicted octanol–water partition coefficient (Wildman–Crippen LogP) is 3.34. The highest BCUT2D eigenvalue weighted by Crippen LogP contribution is 2.37. The number of aromatic nitrogens is 3. The van der Waals surface area contributed by atoms with Crippen LogP contribution in [0, 0.1) is 0 Å². The fraction of sp³-hybridized carbons (Fsp3) is 0.125. The van der Waals surface area contributed by atoms with Crippen molar-refractivity contribution in [3.05, 3.63) is 22.8 Å². The van der Waals surface area contributed by atoms with Crippen molar-refractivity contribution in [1.29, 1.82) is 0 Å². The number of nitrogen functional groups attached to an aromatic ring is 1. The molecule has 96 valence electrons. The van der Waals surface area contributed by atoms with Crippen LogP contribution in [0.25, 0.3) is 0 Å². The van der Waals surface area contributed by atoms with Crippen LogP contribution in [0.5, 0.6) is 0 Å². The van der Waals surface area contributed by atoms with E-state index in [2.05, 4.69) is 15.2 Å². The molecule has 0 aliphatic rings. The summed E-state index contributed by atoms with van der Waals surface area (Å²) in [7, 11) is 0. The topological polar surface area (TPSA) is 64.7 Å². The molecule has 0 unspecified atom stereocenters. The summed E-state index contributed by atoms with van der Waals surface area (Å²) in [4.78, 5) is 3.66. The SMILES string of the molecule is Nc1nnc(Sc2ncc(C(F)(F)F)cc2Cl)s1. The number of nitrogens with two attached hydrogens (primary N) is 1. The minimum absolute atomic E-state index is 0.0939. The van der Waals surface area contributed by atoms with Crippen molar-refractivity contribution in [3.63, 3.8) is 0 Å². The first kappa shape index (κ1) is 13.4. The van der Waals surface area contributed by atoms with Crippen LogP contribution in [-0.2, 0) is 6.18 Å². The number of halogens is 4. The molecular weight excluding hydrogens is 309 g/mol. The van der Waals surface area contributed by atoms with Crippen molar-refractivity contribution in [2.24, 2.45) is 0 Å². The van der Waals surface area contributed by atoms with Gasteiger partial charge in [0.2, 0.25) is 5.13 Å². The van der Waals surface area contributed by atoms with E-state index in [1.165, 1.54) is 0 Å². The lowest BCUT2D eigenvalue weighted by atomic mass is 10.3. The van der Waals surface area contributed by atoms with Crippen molar-refractivity contribution in [1.82, 2.24) is 15.2 Å². The summed E-state index contributed by atoms with van der Waals surface area (Å²) in [5.74, 6) is 0. The average molecular weight is 313 g/mol. The molecule has 2 heterocycles. The van der Waals surface area contributed by atoms with Crippen LogP contribution in [0.15, 0.2) is 21.6 Å². The van der Waals surface area contributed by atoms with Crippen LogP contribution < -0.4 is 5.73 Å². The highest BCUT2D eigenvalue weighted by molar-refractivity contribution is 8.01. The van der Waals surface area contributed by atoms with Gasteiger partial charge >= 0.3 is 6.18 Å². The highest BCUT2D eigenvalue weighted by atomic mass is 35.5. The molecule has 18 heavy (non-hydrogen) atoms. The van der Waals surface area contributed by atoms with E-state index < -0.39 is 11.7 Å². The van der Waals surface area contributed by atoms with Gasteiger partial charge in [0.1, 0.15) is 5.03 Å². The quantitative estimate of drug-likeness (QED) is 0.921. The molecule has 0 amide bonds. The van der Waals surface area contributed by atoms with Gasteiger partial charge in [0, 0.05) is 6.20 Å². The van der Waals surface area contributed by atoms with Gasteiger partial charge in [0.25, 0.3) is 0 Å². The molecule has 0 aliphatic carbocycles. The van der Waals surface area contributed by atoms with Gasteiger partial charge in [-0.1, -0.05) is 22.9 Å². The van der Waals surface area contributed by atoms with E-state index in [9.17, 15) is 13.2 Å². The lowest BCUT2D eigenvalue weighted by Crippen LogP contribution is -2.05. The molecule has 0 aliphatic heterocycles. The molecule has 0 fully saturated rings. The number of anilines is 1. The molecule has 0 bridgehead atoms. The van der Waals surface area contributed by atoms with E-state index in [1.807, 2.05) is 0 Å². The molecule has 2 N–H and O–H groups in total. The zero-order valence-electron chi connectivity index (χ0n) is 8.40. The van der Waals surface area contributed by atoms with Gasteiger partial charge in [0.05, 0.1) is 10.6 Å². The number of nitrogens with zero attached hydrogens (tertiary/aromatic N) is 3. The van der Waals surface area contributed by atoms with E-state index in [-0.39, 0.29) is 15.2 Å². The second kappa shape index (κ2) is 4.90. The molecule has 0 saturated carbocycles. The van der Waals surface area contributed by atoms with Gasteiger partial charge in [-0.05, 0) is 17.8 Å². The third-order valence-corrected chi connectivity index (χ3v) is 3.96. The molecule has 10 heteroatoms. The zero-order valence-corrected chi connectivity index (χ0v) is 10.8. The number of pyridine rings is 1. The summed E-state index contributed by atoms with van der Waals surface area (Å²) in [5.41, 5.74) is 4.49. The molecule has 2 aromatic rings. The Hall–Kier alpha value is -1.06. The van der Waals surface area contributed by atoms with E-state index in [0.717, 1.165) is 35.4 Å². The monoisotopic (exact) mass is 312 g/mol. The first-order valence-electron chi connectivity index (χ1n) is 4.36. The maximum atomic E-state index is 12.4. The van der Waals surface area contributed by atoms with Crippen molar-refractivity contribution >= 4 is 39.8 Å². The largest absolute Gasteiger partial charge is 0.417 e. The first-order chi connectivity index (χ1) is 8.36. The normalized spacial score (nSPS) is 11.8. The minimum Gasteiger partial charge on any atom is -0.374 e. The maximum absolute atomic E-state index is 12.4.